The number of carbonyl (C=O) groups is 1. The van der Waals surface area contributed by atoms with Crippen LogP contribution < -0.4 is 5.32 Å². The maximum absolute atomic E-state index is 12.5. The molecule has 0 bridgehead atoms. The Morgan fingerprint density at radius 2 is 2.23 bits per heavy atom. The summed E-state index contributed by atoms with van der Waals surface area (Å²) >= 11 is 0. The summed E-state index contributed by atoms with van der Waals surface area (Å²) in [6, 6.07) is 4.07. The topological polar surface area (TPSA) is 75.9 Å². The third kappa shape index (κ3) is 3.24. The van der Waals surface area contributed by atoms with Gasteiger partial charge in [-0.2, -0.15) is 5.10 Å². The third-order valence-electron chi connectivity index (χ3n) is 3.90. The predicted molar refractivity (Wildman–Crippen MR) is 80.9 cm³/mol. The molecule has 7 nitrogen and oxygen atoms in total. The molecule has 2 amide bonds. The number of hydrogen-bond donors (Lipinski definition) is 1. The minimum Gasteiger partial charge on any atom is -0.334 e. The van der Waals surface area contributed by atoms with Crippen LogP contribution in [-0.2, 0) is 6.54 Å². The van der Waals surface area contributed by atoms with E-state index in [1.807, 2.05) is 24.0 Å². The summed E-state index contributed by atoms with van der Waals surface area (Å²) in [5, 5.41) is 7.10. The van der Waals surface area contributed by atoms with Gasteiger partial charge in [-0.15, -0.1) is 0 Å². The lowest BCUT2D eigenvalue weighted by Crippen LogP contribution is -2.44. The highest BCUT2D eigenvalue weighted by Crippen LogP contribution is 2.31. The van der Waals surface area contributed by atoms with E-state index in [1.54, 1.807) is 23.4 Å². The van der Waals surface area contributed by atoms with Crippen molar-refractivity contribution in [2.24, 2.45) is 0 Å². The number of urea groups is 1. The van der Waals surface area contributed by atoms with Crippen molar-refractivity contribution >= 4 is 6.03 Å². The number of nitrogens with zero attached hydrogens (tertiary/aromatic N) is 5. The largest absolute Gasteiger partial charge is 0.334 e. The molecule has 7 heteroatoms. The second kappa shape index (κ2) is 6.55. The molecule has 3 rings (SSSR count). The molecule has 116 valence electrons. The van der Waals surface area contributed by atoms with E-state index in [-0.39, 0.29) is 18.1 Å². The highest BCUT2D eigenvalue weighted by molar-refractivity contribution is 5.75. The lowest BCUT2D eigenvalue weighted by Gasteiger charge is -2.27. The first kappa shape index (κ1) is 14.5. The van der Waals surface area contributed by atoms with Gasteiger partial charge in [0.05, 0.1) is 12.6 Å². The number of likely N-dealkylation sites (tertiary alicyclic amines) is 1. The molecule has 1 aliphatic heterocycles. The minimum absolute atomic E-state index is 0.00658. The Balaban J connectivity index is 1.61. The third-order valence-corrected chi connectivity index (χ3v) is 3.90. The summed E-state index contributed by atoms with van der Waals surface area (Å²) in [7, 11) is 0. The molecule has 1 aliphatic rings. The quantitative estimate of drug-likeness (QED) is 0.930. The molecule has 22 heavy (non-hydrogen) atoms. The predicted octanol–water partition coefficient (Wildman–Crippen LogP) is 1.61. The van der Waals surface area contributed by atoms with Crippen LogP contribution in [-0.4, -0.2) is 43.3 Å². The van der Waals surface area contributed by atoms with Crippen LogP contribution in [0, 0.1) is 0 Å². The molecule has 1 fully saturated rings. The zero-order chi connectivity index (χ0) is 15.4. The second-order valence-corrected chi connectivity index (χ2v) is 5.60. The average Bonchev–Trinajstić information content (AvgIpc) is 3.18. The number of pyridine rings is 1. The number of aromatic nitrogens is 4. The summed E-state index contributed by atoms with van der Waals surface area (Å²) in [6.45, 7) is 3.37. The van der Waals surface area contributed by atoms with E-state index in [2.05, 4.69) is 20.4 Å². The van der Waals surface area contributed by atoms with Crippen LogP contribution in [0.4, 0.5) is 4.79 Å². The molecule has 2 atom stereocenters. The molecule has 2 aromatic rings. The fourth-order valence-electron chi connectivity index (χ4n) is 2.89. The molecule has 1 N–H and O–H groups in total. The van der Waals surface area contributed by atoms with E-state index in [0.717, 1.165) is 24.9 Å². The SMILES string of the molecule is CC(Cn1cncn1)NC(=O)N1CCCC1c1ccncc1. The number of nitrogens with one attached hydrogen (secondary N) is 1. The lowest BCUT2D eigenvalue weighted by molar-refractivity contribution is 0.188. The monoisotopic (exact) mass is 300 g/mol. The Kier molecular flexibility index (Phi) is 4.32. The van der Waals surface area contributed by atoms with E-state index >= 15 is 0 Å². The average molecular weight is 300 g/mol. The zero-order valence-electron chi connectivity index (χ0n) is 12.6. The van der Waals surface area contributed by atoms with Gasteiger partial charge in [0, 0.05) is 25.0 Å². The molecular formula is C15H20N6O. The van der Waals surface area contributed by atoms with Gasteiger partial charge in [-0.05, 0) is 37.5 Å². The van der Waals surface area contributed by atoms with Gasteiger partial charge in [0.25, 0.3) is 0 Å². The van der Waals surface area contributed by atoms with Crippen molar-refractivity contribution in [1.82, 2.24) is 30.0 Å². The maximum atomic E-state index is 12.5. The van der Waals surface area contributed by atoms with Gasteiger partial charge in [-0.1, -0.05) is 0 Å². The maximum Gasteiger partial charge on any atom is 0.318 e. The summed E-state index contributed by atoms with van der Waals surface area (Å²) in [5.74, 6) is 0. The van der Waals surface area contributed by atoms with Crippen LogP contribution in [0.1, 0.15) is 31.4 Å². The number of hydrogen-bond acceptors (Lipinski definition) is 4. The Morgan fingerprint density at radius 3 is 2.95 bits per heavy atom. The summed E-state index contributed by atoms with van der Waals surface area (Å²) in [6.07, 6.45) is 8.72. The van der Waals surface area contributed by atoms with Gasteiger partial charge in [-0.25, -0.2) is 9.78 Å². The number of carbonyl (C=O) groups excluding carboxylic acids is 1. The molecule has 2 unspecified atom stereocenters. The van der Waals surface area contributed by atoms with E-state index < -0.39 is 0 Å². The Hall–Kier alpha value is -2.44. The van der Waals surface area contributed by atoms with Crippen molar-refractivity contribution in [2.45, 2.75) is 38.4 Å². The molecular weight excluding hydrogens is 280 g/mol. The first-order chi connectivity index (χ1) is 10.7. The van der Waals surface area contributed by atoms with E-state index in [9.17, 15) is 4.79 Å². The van der Waals surface area contributed by atoms with E-state index in [1.165, 1.54) is 6.33 Å². The number of amides is 2. The highest BCUT2D eigenvalue weighted by atomic mass is 16.2. The first-order valence-corrected chi connectivity index (χ1v) is 7.53. The van der Waals surface area contributed by atoms with Crippen molar-refractivity contribution in [3.8, 4) is 0 Å². The first-order valence-electron chi connectivity index (χ1n) is 7.53. The fourth-order valence-corrected chi connectivity index (χ4v) is 2.89. The molecule has 0 aromatic carbocycles. The highest BCUT2D eigenvalue weighted by Gasteiger charge is 2.30. The Labute approximate surface area is 129 Å². The standard InChI is InChI=1S/C15H20N6O/c1-12(9-20-11-17-10-18-20)19-15(22)21-8-2-3-14(21)13-4-6-16-7-5-13/h4-7,10-12,14H,2-3,8-9H2,1H3,(H,19,22). The van der Waals surface area contributed by atoms with Gasteiger partial charge in [-0.3, -0.25) is 9.67 Å². The van der Waals surface area contributed by atoms with Crippen molar-refractivity contribution in [2.75, 3.05) is 6.54 Å². The molecule has 2 aromatic heterocycles. The second-order valence-electron chi connectivity index (χ2n) is 5.60. The molecule has 0 spiro atoms. The van der Waals surface area contributed by atoms with Crippen LogP contribution in [0.15, 0.2) is 37.2 Å². The van der Waals surface area contributed by atoms with Gasteiger partial charge >= 0.3 is 6.03 Å². The van der Waals surface area contributed by atoms with Gasteiger partial charge in [0.15, 0.2) is 0 Å². The van der Waals surface area contributed by atoms with Gasteiger partial charge in [0.2, 0.25) is 0 Å². The smallest absolute Gasteiger partial charge is 0.318 e. The van der Waals surface area contributed by atoms with Gasteiger partial charge in [0.1, 0.15) is 12.7 Å². The van der Waals surface area contributed by atoms with E-state index in [0.29, 0.717) is 6.54 Å². The van der Waals surface area contributed by atoms with E-state index in [4.69, 9.17) is 0 Å². The molecule has 0 saturated carbocycles. The van der Waals surface area contributed by atoms with Crippen molar-refractivity contribution in [1.29, 1.82) is 0 Å². The molecule has 0 aliphatic carbocycles. The molecule has 0 radical (unpaired) electrons. The molecule has 1 saturated heterocycles. The summed E-state index contributed by atoms with van der Waals surface area (Å²) in [5.41, 5.74) is 1.14. The fraction of sp³-hybridized carbons (Fsp3) is 0.467. The zero-order valence-corrected chi connectivity index (χ0v) is 12.6. The van der Waals surface area contributed by atoms with Crippen molar-refractivity contribution in [3.63, 3.8) is 0 Å². The summed E-state index contributed by atoms with van der Waals surface area (Å²) < 4.78 is 1.72. The van der Waals surface area contributed by atoms with Crippen LogP contribution >= 0.6 is 0 Å². The van der Waals surface area contributed by atoms with Crippen molar-refractivity contribution < 1.29 is 4.79 Å². The van der Waals surface area contributed by atoms with Crippen LogP contribution in [0.2, 0.25) is 0 Å². The van der Waals surface area contributed by atoms with Crippen LogP contribution in [0.3, 0.4) is 0 Å². The van der Waals surface area contributed by atoms with Crippen LogP contribution in [0.25, 0.3) is 0 Å². The molecule has 3 heterocycles. The Morgan fingerprint density at radius 1 is 1.41 bits per heavy atom. The number of rotatable bonds is 4. The normalized spacial score (nSPS) is 19.1. The van der Waals surface area contributed by atoms with Crippen LogP contribution in [0.5, 0.6) is 0 Å². The van der Waals surface area contributed by atoms with Gasteiger partial charge < -0.3 is 10.2 Å². The minimum atomic E-state index is -0.0214. The van der Waals surface area contributed by atoms with Crippen molar-refractivity contribution in [3.05, 3.63) is 42.7 Å². The summed E-state index contributed by atoms with van der Waals surface area (Å²) in [4.78, 5) is 22.4. The lowest BCUT2D eigenvalue weighted by atomic mass is 10.1. The Bertz CT molecular complexity index is 600.